The fraction of sp³-hybridized carbons (Fsp3) is 0.231. The van der Waals surface area contributed by atoms with Crippen molar-refractivity contribution in [3.8, 4) is 0 Å². The second-order valence-corrected chi connectivity index (χ2v) is 6.62. The summed E-state index contributed by atoms with van der Waals surface area (Å²) in [6.07, 6.45) is -0.285. The Hall–Kier alpha value is -1.21. The van der Waals surface area contributed by atoms with E-state index in [0.717, 1.165) is 5.56 Å². The summed E-state index contributed by atoms with van der Waals surface area (Å²) in [5.41, 5.74) is 0.823. The van der Waals surface area contributed by atoms with Gasteiger partial charge in [-0.2, -0.15) is 11.3 Å². The maximum atomic E-state index is 11.9. The number of aliphatic hydroxyl groups is 1. The molecule has 0 radical (unpaired) electrons. The normalized spacial score (nSPS) is 13.3. The highest BCUT2D eigenvalue weighted by molar-refractivity contribution is 7.89. The lowest BCUT2D eigenvalue weighted by Crippen LogP contribution is -2.25. The number of hydrogen-bond acceptors (Lipinski definition) is 4. The largest absolute Gasteiger partial charge is 0.388 e. The molecule has 0 fully saturated rings. The zero-order valence-electron chi connectivity index (χ0n) is 10.2. The molecule has 0 spiro atoms. The summed E-state index contributed by atoms with van der Waals surface area (Å²) in [5.74, 6) is 0. The summed E-state index contributed by atoms with van der Waals surface area (Å²) in [5, 5.41) is 13.6. The molecule has 1 heterocycles. The van der Waals surface area contributed by atoms with E-state index in [1.807, 2.05) is 16.8 Å². The van der Waals surface area contributed by atoms with E-state index in [4.69, 9.17) is 0 Å². The SMILES string of the molecule is O=S(=O)(NCC[C@H](O)c1ccsc1)c1ccccc1. The van der Waals surface area contributed by atoms with Crippen LogP contribution in [0.4, 0.5) is 0 Å². The summed E-state index contributed by atoms with van der Waals surface area (Å²) in [6, 6.07) is 10.0. The van der Waals surface area contributed by atoms with Crippen LogP contribution in [-0.2, 0) is 10.0 Å². The first kappa shape index (κ1) is 14.2. The number of thiophene rings is 1. The van der Waals surface area contributed by atoms with Crippen molar-refractivity contribution >= 4 is 21.4 Å². The molecule has 0 saturated carbocycles. The Morgan fingerprint density at radius 1 is 1.21 bits per heavy atom. The van der Waals surface area contributed by atoms with Crippen LogP contribution in [0.5, 0.6) is 0 Å². The molecule has 4 nitrogen and oxygen atoms in total. The van der Waals surface area contributed by atoms with Crippen molar-refractivity contribution in [2.75, 3.05) is 6.54 Å². The van der Waals surface area contributed by atoms with Crippen molar-refractivity contribution in [1.29, 1.82) is 0 Å². The number of rotatable bonds is 6. The molecule has 1 aromatic carbocycles. The van der Waals surface area contributed by atoms with Gasteiger partial charge >= 0.3 is 0 Å². The molecule has 0 saturated heterocycles. The summed E-state index contributed by atoms with van der Waals surface area (Å²) < 4.78 is 26.3. The molecule has 0 unspecified atom stereocenters. The van der Waals surface area contributed by atoms with Crippen molar-refractivity contribution < 1.29 is 13.5 Å². The monoisotopic (exact) mass is 297 g/mol. The highest BCUT2D eigenvalue weighted by Crippen LogP contribution is 2.19. The Balaban J connectivity index is 1.89. The molecule has 0 amide bonds. The topological polar surface area (TPSA) is 66.4 Å². The first-order valence-corrected chi connectivity index (χ1v) is 8.27. The first-order valence-electron chi connectivity index (χ1n) is 5.84. The van der Waals surface area contributed by atoms with E-state index in [2.05, 4.69) is 4.72 Å². The highest BCUT2D eigenvalue weighted by atomic mass is 32.2. The van der Waals surface area contributed by atoms with Crippen molar-refractivity contribution in [2.45, 2.75) is 17.4 Å². The van der Waals surface area contributed by atoms with Gasteiger partial charge in [-0.3, -0.25) is 0 Å². The van der Waals surface area contributed by atoms with Gasteiger partial charge in [-0.25, -0.2) is 13.1 Å². The lowest BCUT2D eigenvalue weighted by molar-refractivity contribution is 0.169. The van der Waals surface area contributed by atoms with Gasteiger partial charge < -0.3 is 5.11 Å². The second-order valence-electron chi connectivity index (χ2n) is 4.07. The van der Waals surface area contributed by atoms with Crippen LogP contribution in [0.25, 0.3) is 0 Å². The molecular weight excluding hydrogens is 282 g/mol. The molecule has 0 aliphatic carbocycles. The summed E-state index contributed by atoms with van der Waals surface area (Å²) in [4.78, 5) is 0.236. The lowest BCUT2D eigenvalue weighted by Gasteiger charge is -2.10. The van der Waals surface area contributed by atoms with Gasteiger partial charge in [-0.05, 0) is 40.9 Å². The minimum absolute atomic E-state index is 0.203. The van der Waals surface area contributed by atoms with Crippen LogP contribution < -0.4 is 4.72 Å². The minimum atomic E-state index is -3.48. The number of benzene rings is 1. The Morgan fingerprint density at radius 2 is 1.95 bits per heavy atom. The van der Waals surface area contributed by atoms with Gasteiger partial charge in [-0.1, -0.05) is 18.2 Å². The van der Waals surface area contributed by atoms with Gasteiger partial charge in [0.15, 0.2) is 0 Å². The van der Waals surface area contributed by atoms with Crippen LogP contribution >= 0.6 is 11.3 Å². The molecule has 0 bridgehead atoms. The number of aliphatic hydroxyl groups excluding tert-OH is 1. The fourth-order valence-electron chi connectivity index (χ4n) is 1.64. The second kappa shape index (κ2) is 6.29. The zero-order chi connectivity index (χ0) is 13.7. The Kier molecular flexibility index (Phi) is 4.71. The Morgan fingerprint density at radius 3 is 2.58 bits per heavy atom. The van der Waals surface area contributed by atoms with Crippen molar-refractivity contribution in [2.24, 2.45) is 0 Å². The highest BCUT2D eigenvalue weighted by Gasteiger charge is 2.14. The van der Waals surface area contributed by atoms with E-state index >= 15 is 0 Å². The van der Waals surface area contributed by atoms with Gasteiger partial charge in [0.2, 0.25) is 10.0 Å². The molecule has 2 N–H and O–H groups in total. The van der Waals surface area contributed by atoms with E-state index in [9.17, 15) is 13.5 Å². The van der Waals surface area contributed by atoms with Gasteiger partial charge in [0.25, 0.3) is 0 Å². The smallest absolute Gasteiger partial charge is 0.240 e. The van der Waals surface area contributed by atoms with Crippen LogP contribution in [-0.4, -0.2) is 20.1 Å². The quantitative estimate of drug-likeness (QED) is 0.858. The van der Waals surface area contributed by atoms with Gasteiger partial charge in [0.05, 0.1) is 11.0 Å². The predicted molar refractivity (Wildman–Crippen MR) is 75.5 cm³/mol. The third-order valence-electron chi connectivity index (χ3n) is 2.69. The lowest BCUT2D eigenvalue weighted by atomic mass is 10.1. The molecule has 0 aliphatic rings. The first-order chi connectivity index (χ1) is 9.09. The molecule has 2 rings (SSSR count). The van der Waals surface area contributed by atoms with E-state index in [1.54, 1.807) is 18.2 Å². The van der Waals surface area contributed by atoms with Crippen LogP contribution in [0.3, 0.4) is 0 Å². The third kappa shape index (κ3) is 3.87. The summed E-state index contributed by atoms with van der Waals surface area (Å²) in [7, 11) is -3.48. The maximum Gasteiger partial charge on any atom is 0.240 e. The van der Waals surface area contributed by atoms with E-state index in [1.165, 1.54) is 23.5 Å². The predicted octanol–water partition coefficient (Wildman–Crippen LogP) is 2.15. The average Bonchev–Trinajstić information content (AvgIpc) is 2.93. The van der Waals surface area contributed by atoms with Gasteiger partial charge in [-0.15, -0.1) is 0 Å². The molecule has 2 aromatic rings. The molecule has 6 heteroatoms. The Labute approximate surface area is 116 Å². The van der Waals surface area contributed by atoms with E-state index in [0.29, 0.717) is 6.42 Å². The van der Waals surface area contributed by atoms with Crippen LogP contribution in [0.1, 0.15) is 18.1 Å². The molecular formula is C13H15NO3S2. The molecule has 1 atom stereocenters. The van der Waals surface area contributed by atoms with E-state index < -0.39 is 16.1 Å². The Bertz CT molecular complexity index is 594. The van der Waals surface area contributed by atoms with Crippen LogP contribution in [0.2, 0.25) is 0 Å². The van der Waals surface area contributed by atoms with Gasteiger partial charge in [0.1, 0.15) is 0 Å². The number of hydrogen-bond donors (Lipinski definition) is 2. The van der Waals surface area contributed by atoms with E-state index in [-0.39, 0.29) is 11.4 Å². The standard InChI is InChI=1S/C13H15NO3S2/c15-13(11-7-9-18-10-11)6-8-14-19(16,17)12-4-2-1-3-5-12/h1-5,7,9-10,13-15H,6,8H2/t13-/m0/s1. The zero-order valence-corrected chi connectivity index (χ0v) is 11.8. The average molecular weight is 297 g/mol. The molecule has 0 aliphatic heterocycles. The molecule has 19 heavy (non-hydrogen) atoms. The van der Waals surface area contributed by atoms with Gasteiger partial charge in [0, 0.05) is 6.54 Å². The third-order valence-corrected chi connectivity index (χ3v) is 4.87. The van der Waals surface area contributed by atoms with Crippen molar-refractivity contribution in [3.05, 3.63) is 52.7 Å². The molecule has 1 aromatic heterocycles. The number of sulfonamides is 1. The summed E-state index contributed by atoms with van der Waals surface area (Å²) >= 11 is 1.51. The maximum absolute atomic E-state index is 11.9. The van der Waals surface area contributed by atoms with Crippen molar-refractivity contribution in [3.63, 3.8) is 0 Å². The van der Waals surface area contributed by atoms with Crippen molar-refractivity contribution in [1.82, 2.24) is 4.72 Å². The minimum Gasteiger partial charge on any atom is -0.388 e. The summed E-state index contributed by atoms with van der Waals surface area (Å²) in [6.45, 7) is 0.203. The fourth-order valence-corrected chi connectivity index (χ4v) is 3.42. The number of nitrogens with one attached hydrogen (secondary N) is 1. The van der Waals surface area contributed by atoms with Crippen LogP contribution in [0, 0.1) is 0 Å². The van der Waals surface area contributed by atoms with Crippen LogP contribution in [0.15, 0.2) is 52.1 Å². The molecule has 102 valence electrons.